The van der Waals surface area contributed by atoms with Crippen molar-refractivity contribution in [3.05, 3.63) is 56.8 Å². The van der Waals surface area contributed by atoms with Crippen molar-refractivity contribution in [2.24, 2.45) is 5.73 Å². The highest BCUT2D eigenvalue weighted by Crippen LogP contribution is 2.42. The summed E-state index contributed by atoms with van der Waals surface area (Å²) in [4.78, 5) is 39.4. The van der Waals surface area contributed by atoms with Crippen molar-refractivity contribution < 1.29 is 23.9 Å². The second-order valence-electron chi connectivity index (χ2n) is 7.65. The predicted octanol–water partition coefficient (Wildman–Crippen LogP) is 4.14. The number of nitrogens with two attached hydrogens (primary N) is 1. The number of benzene rings is 1. The van der Waals surface area contributed by atoms with Crippen LogP contribution in [0.1, 0.15) is 48.9 Å². The monoisotopic (exact) mass is 468 g/mol. The first-order chi connectivity index (χ1) is 15.5. The van der Waals surface area contributed by atoms with Gasteiger partial charge >= 0.3 is 5.97 Å². The van der Waals surface area contributed by atoms with Crippen molar-refractivity contribution >= 4 is 45.5 Å². The number of para-hydroxylation sites is 1. The van der Waals surface area contributed by atoms with Crippen molar-refractivity contribution in [3.8, 4) is 16.2 Å². The Morgan fingerprint density at radius 3 is 2.78 bits per heavy atom. The van der Waals surface area contributed by atoms with Gasteiger partial charge in [0.05, 0.1) is 5.56 Å². The summed E-state index contributed by atoms with van der Waals surface area (Å²) in [6.07, 6.45) is 3.71. The Balaban J connectivity index is 1.26. The molecular weight excluding hydrogens is 448 g/mol. The lowest BCUT2D eigenvalue weighted by atomic mass is 9.95. The molecule has 0 spiro atoms. The fourth-order valence-corrected chi connectivity index (χ4v) is 6.48. The average Bonchev–Trinajstić information content (AvgIpc) is 3.39. The molecule has 2 aromatic heterocycles. The van der Waals surface area contributed by atoms with E-state index in [4.69, 9.17) is 15.2 Å². The lowest BCUT2D eigenvalue weighted by Crippen LogP contribution is -2.22. The first kappa shape index (κ1) is 20.7. The van der Waals surface area contributed by atoms with Crippen LogP contribution in [0, 0.1) is 0 Å². The van der Waals surface area contributed by atoms with E-state index in [0.29, 0.717) is 22.0 Å². The van der Waals surface area contributed by atoms with Gasteiger partial charge in [0.25, 0.3) is 11.8 Å². The maximum Gasteiger partial charge on any atom is 0.348 e. The van der Waals surface area contributed by atoms with Crippen LogP contribution in [0.15, 0.2) is 30.3 Å². The van der Waals surface area contributed by atoms with Gasteiger partial charge in [-0.05, 0) is 49.4 Å². The number of hydrogen-bond acceptors (Lipinski definition) is 7. The molecule has 0 fully saturated rings. The molecule has 2 amide bonds. The van der Waals surface area contributed by atoms with Crippen molar-refractivity contribution in [1.29, 1.82) is 0 Å². The molecule has 164 valence electrons. The van der Waals surface area contributed by atoms with Gasteiger partial charge < -0.3 is 20.5 Å². The second-order valence-corrected chi connectivity index (χ2v) is 9.81. The Bertz CT molecular complexity index is 1240. The van der Waals surface area contributed by atoms with Crippen LogP contribution in [-0.2, 0) is 29.0 Å². The molecule has 32 heavy (non-hydrogen) atoms. The Morgan fingerprint density at radius 1 is 1.12 bits per heavy atom. The number of fused-ring (bicyclic) bond motifs is 4. The number of hydrogen-bond donors (Lipinski definition) is 2. The van der Waals surface area contributed by atoms with Crippen LogP contribution < -0.4 is 15.8 Å². The SMILES string of the molecule is NC(=O)c1c(NC(=O)COC(=O)c2cc3c(s2)-c2ccccc2OC3)sc2c1CCCC2. The smallest absolute Gasteiger partial charge is 0.348 e. The van der Waals surface area contributed by atoms with Crippen LogP contribution in [0.3, 0.4) is 0 Å². The van der Waals surface area contributed by atoms with Crippen molar-refractivity contribution in [2.75, 3.05) is 11.9 Å². The first-order valence-corrected chi connectivity index (χ1v) is 11.9. The summed E-state index contributed by atoms with van der Waals surface area (Å²) in [5, 5.41) is 3.14. The van der Waals surface area contributed by atoms with E-state index < -0.39 is 24.4 Å². The van der Waals surface area contributed by atoms with Crippen LogP contribution in [0.5, 0.6) is 5.75 Å². The highest BCUT2D eigenvalue weighted by atomic mass is 32.1. The molecule has 0 radical (unpaired) electrons. The molecule has 0 unspecified atom stereocenters. The maximum absolute atomic E-state index is 12.6. The number of esters is 1. The number of carbonyl (C=O) groups is 3. The largest absolute Gasteiger partial charge is 0.488 e. The van der Waals surface area contributed by atoms with Crippen LogP contribution in [0.2, 0.25) is 0 Å². The minimum atomic E-state index is -0.572. The number of thiophene rings is 2. The van der Waals surface area contributed by atoms with Crippen LogP contribution in [-0.4, -0.2) is 24.4 Å². The summed E-state index contributed by atoms with van der Waals surface area (Å²) in [6.45, 7) is -0.0647. The highest BCUT2D eigenvalue weighted by Gasteiger charge is 2.26. The zero-order valence-corrected chi connectivity index (χ0v) is 18.7. The Hall–Kier alpha value is -3.17. The zero-order chi connectivity index (χ0) is 22.2. The van der Waals surface area contributed by atoms with Gasteiger partial charge in [-0.3, -0.25) is 9.59 Å². The van der Waals surface area contributed by atoms with E-state index in [1.165, 1.54) is 22.7 Å². The minimum Gasteiger partial charge on any atom is -0.488 e. The number of primary amides is 1. The van der Waals surface area contributed by atoms with E-state index in [1.807, 2.05) is 24.3 Å². The molecule has 1 aliphatic carbocycles. The molecule has 5 rings (SSSR count). The van der Waals surface area contributed by atoms with Crippen LogP contribution in [0.4, 0.5) is 5.00 Å². The predicted molar refractivity (Wildman–Crippen MR) is 122 cm³/mol. The number of rotatable bonds is 5. The van der Waals surface area contributed by atoms with E-state index >= 15 is 0 Å². The molecule has 9 heteroatoms. The molecule has 1 aliphatic heterocycles. The van der Waals surface area contributed by atoms with Crippen molar-refractivity contribution in [1.82, 2.24) is 0 Å². The van der Waals surface area contributed by atoms with Gasteiger partial charge in [-0.1, -0.05) is 12.1 Å². The quantitative estimate of drug-likeness (QED) is 0.547. The van der Waals surface area contributed by atoms with Gasteiger partial charge in [0.1, 0.15) is 22.2 Å². The Kier molecular flexibility index (Phi) is 5.44. The second kappa shape index (κ2) is 8.40. The number of carbonyl (C=O) groups excluding carboxylic acids is 3. The molecule has 0 saturated carbocycles. The molecule has 1 aromatic carbocycles. The lowest BCUT2D eigenvalue weighted by molar-refractivity contribution is -0.119. The molecule has 2 aliphatic rings. The molecule has 7 nitrogen and oxygen atoms in total. The van der Waals surface area contributed by atoms with Gasteiger partial charge in [-0.25, -0.2) is 4.79 Å². The fraction of sp³-hybridized carbons (Fsp3) is 0.261. The average molecular weight is 469 g/mol. The molecule has 3 aromatic rings. The zero-order valence-electron chi connectivity index (χ0n) is 17.1. The van der Waals surface area contributed by atoms with Crippen LogP contribution in [0.25, 0.3) is 10.4 Å². The third kappa shape index (κ3) is 3.78. The van der Waals surface area contributed by atoms with Gasteiger partial charge in [0, 0.05) is 20.9 Å². The topological polar surface area (TPSA) is 108 Å². The normalized spacial score (nSPS) is 13.9. The molecular formula is C23H20N2O5S2. The molecule has 0 bridgehead atoms. The lowest BCUT2D eigenvalue weighted by Gasteiger charge is -2.16. The van der Waals surface area contributed by atoms with Crippen LogP contribution >= 0.6 is 22.7 Å². The van der Waals surface area contributed by atoms with Gasteiger partial charge in [0.15, 0.2) is 6.61 Å². The van der Waals surface area contributed by atoms with Crippen molar-refractivity contribution in [3.63, 3.8) is 0 Å². The summed E-state index contributed by atoms with van der Waals surface area (Å²) in [6, 6.07) is 9.40. The van der Waals surface area contributed by atoms with Gasteiger partial charge in [0.2, 0.25) is 0 Å². The number of ether oxygens (including phenoxy) is 2. The third-order valence-corrected chi connectivity index (χ3v) is 7.93. The van der Waals surface area contributed by atoms with E-state index in [1.54, 1.807) is 6.07 Å². The molecule has 3 N–H and O–H groups in total. The molecule has 0 atom stereocenters. The summed E-state index contributed by atoms with van der Waals surface area (Å²) in [5.41, 5.74) is 8.74. The minimum absolute atomic E-state index is 0.383. The summed E-state index contributed by atoms with van der Waals surface area (Å²) < 4.78 is 11.0. The van der Waals surface area contributed by atoms with E-state index in [-0.39, 0.29) is 0 Å². The maximum atomic E-state index is 12.6. The van der Waals surface area contributed by atoms with E-state index in [0.717, 1.165) is 57.9 Å². The number of nitrogens with one attached hydrogen (secondary N) is 1. The highest BCUT2D eigenvalue weighted by molar-refractivity contribution is 7.17. The number of anilines is 1. The number of amides is 2. The molecule has 3 heterocycles. The third-order valence-electron chi connectivity index (χ3n) is 5.53. The molecule has 0 saturated heterocycles. The summed E-state index contributed by atoms with van der Waals surface area (Å²) >= 11 is 2.70. The summed E-state index contributed by atoms with van der Waals surface area (Å²) in [7, 11) is 0. The first-order valence-electron chi connectivity index (χ1n) is 10.3. The van der Waals surface area contributed by atoms with Crippen molar-refractivity contribution in [2.45, 2.75) is 32.3 Å². The van der Waals surface area contributed by atoms with Gasteiger partial charge in [-0.15, -0.1) is 22.7 Å². The standard InChI is InChI=1S/C23H20N2O5S2/c24-21(27)19-14-6-2-4-8-16(14)32-22(19)25-18(26)11-30-23(28)17-9-12-10-29-15-7-3-1-5-13(15)20(12)31-17/h1,3,5,7,9H,2,4,6,8,10-11H2,(H2,24,27)(H,25,26). The Morgan fingerprint density at radius 2 is 1.94 bits per heavy atom. The van der Waals surface area contributed by atoms with E-state index in [2.05, 4.69) is 5.32 Å². The Labute approximate surface area is 192 Å². The summed E-state index contributed by atoms with van der Waals surface area (Å²) in [5.74, 6) is -0.847. The van der Waals surface area contributed by atoms with E-state index in [9.17, 15) is 14.4 Å². The van der Waals surface area contributed by atoms with Gasteiger partial charge in [-0.2, -0.15) is 0 Å². The number of aryl methyl sites for hydroxylation is 1. The fourth-order valence-electron chi connectivity index (χ4n) is 4.08.